The number of piperazine rings is 1. The fourth-order valence-corrected chi connectivity index (χ4v) is 3.71. The Balaban J connectivity index is 1.46. The number of methoxy groups -OCH3 is 1. The number of ether oxygens (including phenoxy) is 1. The van der Waals surface area contributed by atoms with Crippen molar-refractivity contribution in [2.75, 3.05) is 20.2 Å². The number of amides is 1. The summed E-state index contributed by atoms with van der Waals surface area (Å²) in [5, 5.41) is 10.4. The molecule has 6 nitrogen and oxygen atoms in total. The summed E-state index contributed by atoms with van der Waals surface area (Å²) in [6, 6.07) is 18.3. The molecule has 2 N–H and O–H groups in total. The van der Waals surface area contributed by atoms with Gasteiger partial charge in [-0.25, -0.2) is 0 Å². The third-order valence-corrected chi connectivity index (χ3v) is 5.03. The van der Waals surface area contributed by atoms with E-state index in [-0.39, 0.29) is 11.9 Å². The second kappa shape index (κ2) is 8.27. The van der Waals surface area contributed by atoms with Crippen LogP contribution in [0.15, 0.2) is 60.8 Å². The molecule has 0 bridgehead atoms. The summed E-state index contributed by atoms with van der Waals surface area (Å²) in [7, 11) is 1.66. The van der Waals surface area contributed by atoms with Crippen LogP contribution in [0.5, 0.6) is 5.75 Å². The second-order valence-electron chi connectivity index (χ2n) is 7.12. The van der Waals surface area contributed by atoms with Crippen LogP contribution in [0, 0.1) is 0 Å². The van der Waals surface area contributed by atoms with Crippen LogP contribution in [0.25, 0.3) is 11.3 Å². The molecule has 0 unspecified atom stereocenters. The van der Waals surface area contributed by atoms with Crippen LogP contribution in [-0.4, -0.2) is 47.2 Å². The molecule has 1 atom stereocenters. The van der Waals surface area contributed by atoms with Crippen molar-refractivity contribution in [3.63, 3.8) is 0 Å². The van der Waals surface area contributed by atoms with E-state index in [1.54, 1.807) is 7.11 Å². The highest BCUT2D eigenvalue weighted by Gasteiger charge is 2.25. The molecule has 1 fully saturated rings. The predicted molar refractivity (Wildman–Crippen MR) is 108 cm³/mol. The summed E-state index contributed by atoms with van der Waals surface area (Å²) in [6.45, 7) is 1.89. The van der Waals surface area contributed by atoms with E-state index in [4.69, 9.17) is 4.74 Å². The Hall–Kier alpha value is -3.12. The quantitative estimate of drug-likeness (QED) is 0.694. The van der Waals surface area contributed by atoms with Gasteiger partial charge in [0.2, 0.25) is 5.91 Å². The molecule has 0 spiro atoms. The van der Waals surface area contributed by atoms with E-state index < -0.39 is 0 Å². The fraction of sp³-hybridized carbons (Fsp3) is 0.273. The lowest BCUT2D eigenvalue weighted by atomic mass is 10.0. The average molecular weight is 376 g/mol. The number of hydrogen-bond acceptors (Lipinski definition) is 4. The lowest BCUT2D eigenvalue weighted by Crippen LogP contribution is -2.54. The molecule has 1 aromatic heterocycles. The SMILES string of the molecule is COc1ccc(-c2[nH]ncc2CN2CC(=O)N[C@@H](Cc3ccccc3)C2)cc1. The zero-order valence-electron chi connectivity index (χ0n) is 15.9. The van der Waals surface area contributed by atoms with Crippen LogP contribution >= 0.6 is 0 Å². The van der Waals surface area contributed by atoms with Crippen LogP contribution < -0.4 is 10.1 Å². The van der Waals surface area contributed by atoms with Crippen LogP contribution in [-0.2, 0) is 17.8 Å². The molecule has 1 aliphatic heterocycles. The molecule has 6 heteroatoms. The average Bonchev–Trinajstić information content (AvgIpc) is 3.16. The molecule has 28 heavy (non-hydrogen) atoms. The molecule has 0 aliphatic carbocycles. The van der Waals surface area contributed by atoms with Crippen molar-refractivity contribution < 1.29 is 9.53 Å². The van der Waals surface area contributed by atoms with Gasteiger partial charge in [-0.05, 0) is 36.2 Å². The zero-order valence-corrected chi connectivity index (χ0v) is 15.9. The molecule has 0 radical (unpaired) electrons. The maximum absolute atomic E-state index is 12.2. The van der Waals surface area contributed by atoms with Gasteiger partial charge >= 0.3 is 0 Å². The van der Waals surface area contributed by atoms with Gasteiger partial charge in [-0.15, -0.1) is 0 Å². The van der Waals surface area contributed by atoms with Gasteiger partial charge in [-0.3, -0.25) is 14.8 Å². The zero-order chi connectivity index (χ0) is 19.3. The molecule has 2 aromatic carbocycles. The molecule has 1 amide bonds. The highest BCUT2D eigenvalue weighted by atomic mass is 16.5. The highest BCUT2D eigenvalue weighted by Crippen LogP contribution is 2.25. The lowest BCUT2D eigenvalue weighted by molar-refractivity contribution is -0.125. The van der Waals surface area contributed by atoms with Gasteiger partial charge in [-0.2, -0.15) is 5.10 Å². The van der Waals surface area contributed by atoms with Crippen molar-refractivity contribution >= 4 is 5.91 Å². The van der Waals surface area contributed by atoms with Crippen LogP contribution in [0.2, 0.25) is 0 Å². The van der Waals surface area contributed by atoms with Gasteiger partial charge in [0.05, 0.1) is 25.5 Å². The molecule has 4 rings (SSSR count). The number of H-pyrrole nitrogens is 1. The van der Waals surface area contributed by atoms with Gasteiger partial charge < -0.3 is 10.1 Å². The Morgan fingerprint density at radius 2 is 1.93 bits per heavy atom. The van der Waals surface area contributed by atoms with Gasteiger partial charge in [0.15, 0.2) is 0 Å². The number of aromatic nitrogens is 2. The minimum atomic E-state index is 0.0710. The first kappa shape index (κ1) is 18.3. The smallest absolute Gasteiger partial charge is 0.234 e. The number of rotatable bonds is 6. The van der Waals surface area contributed by atoms with Gasteiger partial charge in [0, 0.05) is 30.3 Å². The van der Waals surface area contributed by atoms with E-state index in [1.807, 2.05) is 48.7 Å². The van der Waals surface area contributed by atoms with Gasteiger partial charge in [0.1, 0.15) is 5.75 Å². The molecule has 1 saturated heterocycles. The van der Waals surface area contributed by atoms with Crippen molar-refractivity contribution in [3.05, 3.63) is 71.9 Å². The molecule has 2 heterocycles. The fourth-order valence-electron chi connectivity index (χ4n) is 3.71. The summed E-state index contributed by atoms with van der Waals surface area (Å²) < 4.78 is 5.23. The number of nitrogens with zero attached hydrogens (tertiary/aromatic N) is 2. The summed E-state index contributed by atoms with van der Waals surface area (Å²) in [5.74, 6) is 0.892. The Kier molecular flexibility index (Phi) is 5.39. The minimum absolute atomic E-state index is 0.0710. The van der Waals surface area contributed by atoms with Crippen molar-refractivity contribution in [1.29, 1.82) is 0 Å². The van der Waals surface area contributed by atoms with E-state index in [2.05, 4.69) is 32.5 Å². The van der Waals surface area contributed by atoms with Crippen molar-refractivity contribution in [2.24, 2.45) is 0 Å². The second-order valence-corrected chi connectivity index (χ2v) is 7.12. The number of benzene rings is 2. The van der Waals surface area contributed by atoms with Gasteiger partial charge in [-0.1, -0.05) is 30.3 Å². The lowest BCUT2D eigenvalue weighted by Gasteiger charge is -2.33. The first-order valence-electron chi connectivity index (χ1n) is 9.43. The van der Waals surface area contributed by atoms with Crippen LogP contribution in [0.4, 0.5) is 0 Å². The molecule has 3 aromatic rings. The number of carbonyl (C=O) groups is 1. The highest BCUT2D eigenvalue weighted by molar-refractivity contribution is 5.79. The number of carbonyl (C=O) groups excluding carboxylic acids is 1. The van der Waals surface area contributed by atoms with E-state index in [1.165, 1.54) is 5.56 Å². The van der Waals surface area contributed by atoms with Crippen molar-refractivity contribution in [3.8, 4) is 17.0 Å². The number of hydrogen-bond donors (Lipinski definition) is 2. The first-order chi connectivity index (χ1) is 13.7. The Labute approximate surface area is 164 Å². The monoisotopic (exact) mass is 376 g/mol. The Bertz CT molecular complexity index is 921. The molecule has 144 valence electrons. The van der Waals surface area contributed by atoms with E-state index >= 15 is 0 Å². The van der Waals surface area contributed by atoms with E-state index in [0.29, 0.717) is 13.1 Å². The van der Waals surface area contributed by atoms with E-state index in [9.17, 15) is 4.79 Å². The topological polar surface area (TPSA) is 70.2 Å². The van der Waals surface area contributed by atoms with Crippen molar-refractivity contribution in [1.82, 2.24) is 20.4 Å². The summed E-state index contributed by atoms with van der Waals surface area (Å²) in [6.07, 6.45) is 2.68. The largest absolute Gasteiger partial charge is 0.497 e. The first-order valence-corrected chi connectivity index (χ1v) is 9.43. The molecule has 0 saturated carbocycles. The summed E-state index contributed by atoms with van der Waals surface area (Å²) in [4.78, 5) is 14.4. The number of nitrogens with one attached hydrogen (secondary N) is 2. The maximum Gasteiger partial charge on any atom is 0.234 e. The molecular formula is C22H24N4O2. The van der Waals surface area contributed by atoms with Crippen LogP contribution in [0.3, 0.4) is 0 Å². The van der Waals surface area contributed by atoms with E-state index in [0.717, 1.165) is 35.5 Å². The summed E-state index contributed by atoms with van der Waals surface area (Å²) in [5.41, 5.74) is 4.35. The predicted octanol–water partition coefficient (Wildman–Crippen LogP) is 2.63. The summed E-state index contributed by atoms with van der Waals surface area (Å²) >= 11 is 0. The minimum Gasteiger partial charge on any atom is -0.497 e. The third-order valence-electron chi connectivity index (χ3n) is 5.03. The Morgan fingerprint density at radius 3 is 2.68 bits per heavy atom. The van der Waals surface area contributed by atoms with Crippen LogP contribution in [0.1, 0.15) is 11.1 Å². The standard InChI is InChI=1S/C22H24N4O2/c1-28-20-9-7-17(8-10-20)22-18(12-23-25-22)13-26-14-19(24-21(27)15-26)11-16-5-3-2-4-6-16/h2-10,12,19H,11,13-15H2,1H3,(H,23,25)(H,24,27)/t19-/m0/s1. The maximum atomic E-state index is 12.2. The Morgan fingerprint density at radius 1 is 1.14 bits per heavy atom. The normalized spacial score (nSPS) is 17.3. The number of aromatic amines is 1. The van der Waals surface area contributed by atoms with Gasteiger partial charge in [0.25, 0.3) is 0 Å². The molecule has 1 aliphatic rings. The van der Waals surface area contributed by atoms with Crippen molar-refractivity contribution in [2.45, 2.75) is 19.0 Å². The third kappa shape index (κ3) is 4.23. The molecular weight excluding hydrogens is 352 g/mol.